The number of rotatable bonds is 2. The maximum absolute atomic E-state index is 13.2. The lowest BCUT2D eigenvalue weighted by Crippen LogP contribution is -2.43. The Balaban J connectivity index is 1.57. The van der Waals surface area contributed by atoms with Crippen molar-refractivity contribution in [3.8, 4) is 0 Å². The Hall–Kier alpha value is -2.21. The summed E-state index contributed by atoms with van der Waals surface area (Å²) in [4.78, 5) is 23.8. The summed E-state index contributed by atoms with van der Waals surface area (Å²) >= 11 is 0. The van der Waals surface area contributed by atoms with Gasteiger partial charge in [-0.25, -0.2) is 9.97 Å². The van der Waals surface area contributed by atoms with Gasteiger partial charge in [-0.15, -0.1) is 0 Å². The lowest BCUT2D eigenvalue weighted by atomic mass is 9.94. The topological polar surface area (TPSA) is 68.5 Å². The number of fused-ring (bicyclic) bond motifs is 1. The maximum atomic E-state index is 13.2. The molecule has 1 fully saturated rings. The lowest BCUT2D eigenvalue weighted by Gasteiger charge is -2.32. The summed E-state index contributed by atoms with van der Waals surface area (Å²) < 4.78 is 11.7. The van der Waals surface area contributed by atoms with Crippen molar-refractivity contribution in [2.45, 2.75) is 45.6 Å². The van der Waals surface area contributed by atoms with Crippen molar-refractivity contribution in [3.05, 3.63) is 46.4 Å². The number of morpholine rings is 1. The zero-order valence-electron chi connectivity index (χ0n) is 14.7. The largest absolute Gasteiger partial charge is 0.465 e. The van der Waals surface area contributed by atoms with E-state index in [-0.39, 0.29) is 12.0 Å². The van der Waals surface area contributed by atoms with E-state index in [1.807, 2.05) is 24.8 Å². The van der Waals surface area contributed by atoms with Gasteiger partial charge in [0.25, 0.3) is 5.91 Å². The molecule has 6 nitrogen and oxygen atoms in total. The average molecular weight is 341 g/mol. The minimum absolute atomic E-state index is 0.0466. The number of carbonyl (C=O) groups excluding carboxylic acids is 1. The molecule has 2 aromatic rings. The highest BCUT2D eigenvalue weighted by atomic mass is 16.5. The predicted octanol–water partition coefficient (Wildman–Crippen LogP) is 2.78. The van der Waals surface area contributed by atoms with Crippen LogP contribution in [0.4, 0.5) is 0 Å². The van der Waals surface area contributed by atoms with Gasteiger partial charge in [0.15, 0.2) is 5.82 Å². The third-order valence-corrected chi connectivity index (χ3v) is 5.02. The Bertz CT molecular complexity index is 799. The van der Waals surface area contributed by atoms with E-state index < -0.39 is 0 Å². The molecule has 1 amide bonds. The van der Waals surface area contributed by atoms with Crippen LogP contribution < -0.4 is 0 Å². The molecule has 1 saturated heterocycles. The molecule has 132 valence electrons. The Labute approximate surface area is 147 Å². The first-order valence-electron chi connectivity index (χ1n) is 8.95. The number of carbonyl (C=O) groups is 1. The Morgan fingerprint density at radius 1 is 1.28 bits per heavy atom. The number of hydrogen-bond acceptors (Lipinski definition) is 5. The zero-order valence-corrected chi connectivity index (χ0v) is 14.7. The summed E-state index contributed by atoms with van der Waals surface area (Å²) in [6.45, 7) is 5.38. The van der Waals surface area contributed by atoms with Crippen LogP contribution in [0.25, 0.3) is 0 Å². The van der Waals surface area contributed by atoms with Gasteiger partial charge in [-0.05, 0) is 39.2 Å². The fourth-order valence-electron chi connectivity index (χ4n) is 3.75. The molecule has 2 aromatic heterocycles. The second kappa shape index (κ2) is 6.59. The summed E-state index contributed by atoms with van der Waals surface area (Å²) in [5.74, 6) is 2.43. The van der Waals surface area contributed by atoms with E-state index in [9.17, 15) is 4.79 Å². The molecule has 0 saturated carbocycles. The molecule has 0 bridgehead atoms. The molecular weight excluding hydrogens is 318 g/mol. The highest BCUT2D eigenvalue weighted by Crippen LogP contribution is 2.31. The monoisotopic (exact) mass is 341 g/mol. The smallest absolute Gasteiger partial charge is 0.257 e. The normalized spacial score (nSPS) is 20.4. The third-order valence-electron chi connectivity index (χ3n) is 5.02. The highest BCUT2D eigenvalue weighted by Gasteiger charge is 2.32. The summed E-state index contributed by atoms with van der Waals surface area (Å²) in [6.07, 6.45) is 5.58. The molecule has 1 aliphatic heterocycles. The molecule has 1 atom stereocenters. The number of nitrogens with zero attached hydrogens (tertiary/aromatic N) is 3. The maximum Gasteiger partial charge on any atom is 0.257 e. The number of ether oxygens (including phenoxy) is 1. The van der Waals surface area contributed by atoms with E-state index in [1.165, 1.54) is 0 Å². The molecule has 0 unspecified atom stereocenters. The van der Waals surface area contributed by atoms with Crippen molar-refractivity contribution in [3.63, 3.8) is 0 Å². The third kappa shape index (κ3) is 3.06. The van der Waals surface area contributed by atoms with E-state index in [1.54, 1.807) is 6.20 Å². The Morgan fingerprint density at radius 2 is 2.12 bits per heavy atom. The average Bonchev–Trinajstić information content (AvgIpc) is 2.97. The zero-order chi connectivity index (χ0) is 17.4. The van der Waals surface area contributed by atoms with Crippen LogP contribution in [0.2, 0.25) is 0 Å². The molecule has 25 heavy (non-hydrogen) atoms. The predicted molar refractivity (Wildman–Crippen MR) is 91.5 cm³/mol. The van der Waals surface area contributed by atoms with E-state index in [0.29, 0.717) is 25.5 Å². The van der Waals surface area contributed by atoms with Gasteiger partial charge in [-0.2, -0.15) is 0 Å². The molecule has 0 aromatic carbocycles. The number of hydrogen-bond donors (Lipinski definition) is 0. The van der Waals surface area contributed by atoms with Crippen molar-refractivity contribution in [2.24, 2.45) is 0 Å². The highest BCUT2D eigenvalue weighted by molar-refractivity contribution is 5.97. The molecular formula is C19H23N3O3. The number of amides is 1. The summed E-state index contributed by atoms with van der Waals surface area (Å²) in [6, 6.07) is 1.86. The first-order valence-corrected chi connectivity index (χ1v) is 8.95. The minimum Gasteiger partial charge on any atom is -0.465 e. The Kier molecular flexibility index (Phi) is 4.29. The van der Waals surface area contributed by atoms with Crippen molar-refractivity contribution in [1.29, 1.82) is 0 Å². The van der Waals surface area contributed by atoms with Crippen LogP contribution in [0.1, 0.15) is 57.9 Å². The van der Waals surface area contributed by atoms with Crippen LogP contribution in [0.15, 0.2) is 16.7 Å². The van der Waals surface area contributed by atoms with Gasteiger partial charge in [-0.1, -0.05) is 0 Å². The second-order valence-electron chi connectivity index (χ2n) is 6.81. The van der Waals surface area contributed by atoms with Crippen molar-refractivity contribution < 1.29 is 13.9 Å². The van der Waals surface area contributed by atoms with Gasteiger partial charge >= 0.3 is 0 Å². The van der Waals surface area contributed by atoms with E-state index in [0.717, 1.165) is 54.0 Å². The van der Waals surface area contributed by atoms with Gasteiger partial charge in [0.2, 0.25) is 0 Å². The standard InChI is InChI=1S/C19H23N3O3/c1-12-7-8-20-18(21-12)16-11-22(9-10-24-16)19(23)17-13(2)25-15-6-4-3-5-14(15)17/h7-8,16H,3-6,9-11H2,1-2H3/t16-/m0/s1. The number of furan rings is 1. The van der Waals surface area contributed by atoms with Crippen molar-refractivity contribution >= 4 is 5.91 Å². The van der Waals surface area contributed by atoms with Crippen LogP contribution in [-0.2, 0) is 17.6 Å². The molecule has 4 rings (SSSR count). The van der Waals surface area contributed by atoms with Crippen molar-refractivity contribution in [1.82, 2.24) is 14.9 Å². The quantitative estimate of drug-likeness (QED) is 0.840. The number of aryl methyl sites for hydroxylation is 3. The SMILES string of the molecule is Cc1ccnc([C@@H]2CN(C(=O)c3c(C)oc4c3CCCC4)CCO2)n1. The van der Waals surface area contributed by atoms with E-state index in [4.69, 9.17) is 9.15 Å². The summed E-state index contributed by atoms with van der Waals surface area (Å²) in [5, 5.41) is 0. The molecule has 6 heteroatoms. The Morgan fingerprint density at radius 3 is 2.96 bits per heavy atom. The molecule has 1 aliphatic carbocycles. The van der Waals surface area contributed by atoms with Crippen LogP contribution in [0, 0.1) is 13.8 Å². The number of aromatic nitrogens is 2. The van der Waals surface area contributed by atoms with Gasteiger partial charge in [0.05, 0.1) is 18.7 Å². The van der Waals surface area contributed by atoms with Crippen molar-refractivity contribution in [2.75, 3.05) is 19.7 Å². The summed E-state index contributed by atoms with van der Waals surface area (Å²) in [5.41, 5.74) is 2.78. The van der Waals surface area contributed by atoms with E-state index in [2.05, 4.69) is 9.97 Å². The van der Waals surface area contributed by atoms with Crippen LogP contribution in [0.3, 0.4) is 0 Å². The first-order chi connectivity index (χ1) is 12.1. The van der Waals surface area contributed by atoms with Crippen LogP contribution in [-0.4, -0.2) is 40.5 Å². The van der Waals surface area contributed by atoms with Gasteiger partial charge in [0.1, 0.15) is 17.6 Å². The second-order valence-corrected chi connectivity index (χ2v) is 6.81. The molecule has 3 heterocycles. The van der Waals surface area contributed by atoms with Crippen LogP contribution >= 0.6 is 0 Å². The van der Waals surface area contributed by atoms with Gasteiger partial charge < -0.3 is 14.1 Å². The molecule has 0 spiro atoms. The minimum atomic E-state index is -0.277. The fourth-order valence-corrected chi connectivity index (χ4v) is 3.75. The van der Waals surface area contributed by atoms with Gasteiger partial charge in [0, 0.05) is 30.4 Å². The fraction of sp³-hybridized carbons (Fsp3) is 0.526. The first kappa shape index (κ1) is 16.3. The molecule has 0 radical (unpaired) electrons. The summed E-state index contributed by atoms with van der Waals surface area (Å²) in [7, 11) is 0. The van der Waals surface area contributed by atoms with E-state index >= 15 is 0 Å². The lowest BCUT2D eigenvalue weighted by molar-refractivity contribution is -0.0269. The molecule has 0 N–H and O–H groups in total. The molecule has 2 aliphatic rings. The van der Waals surface area contributed by atoms with Gasteiger partial charge in [-0.3, -0.25) is 4.79 Å². The van der Waals surface area contributed by atoms with Crippen LogP contribution in [0.5, 0.6) is 0 Å².